The Bertz CT molecular complexity index is 666. The van der Waals surface area contributed by atoms with Crippen molar-refractivity contribution in [2.45, 2.75) is 76.5 Å². The first-order valence-corrected chi connectivity index (χ1v) is 10.8. The molecule has 0 aromatic carbocycles. The van der Waals surface area contributed by atoms with Crippen molar-refractivity contribution in [1.82, 2.24) is 4.31 Å². The number of nitrogens with zero attached hydrogens (tertiary/aromatic N) is 1. The van der Waals surface area contributed by atoms with Gasteiger partial charge in [-0.1, -0.05) is 0 Å². The number of hydrogen-bond acceptors (Lipinski definition) is 12. The number of rotatable bonds is 7. The topological polar surface area (TPSA) is 138 Å². The lowest BCUT2D eigenvalue weighted by Gasteiger charge is -2.45. The van der Waals surface area contributed by atoms with Gasteiger partial charge in [0.25, 0.3) is 0 Å². The largest absolute Gasteiger partial charge is 0.463 e. The zero-order valence-corrected chi connectivity index (χ0v) is 18.8. The van der Waals surface area contributed by atoms with Crippen LogP contribution in [-0.4, -0.2) is 88.9 Å². The standard InChI is InChI=1S/C19H29NO10S/c1-10(21)26-9-15-16(27-11(2)22)17(28-12(3)23)18(29-13(4)24)19(30-15)31-20-7-5-14(25)6-8-20/h14-19,25H,5-9H2,1-4H3/t15-,16-,17+,18-,19+/m1/s1. The summed E-state index contributed by atoms with van der Waals surface area (Å²) in [6.45, 7) is 5.66. The summed E-state index contributed by atoms with van der Waals surface area (Å²) in [6.07, 6.45) is -3.63. The number of carbonyl (C=O) groups excluding carboxylic acids is 4. The lowest BCUT2D eigenvalue weighted by Crippen LogP contribution is -2.62. The summed E-state index contributed by atoms with van der Waals surface area (Å²) in [4.78, 5) is 46.7. The van der Waals surface area contributed by atoms with Gasteiger partial charge in [0, 0.05) is 40.8 Å². The van der Waals surface area contributed by atoms with Crippen molar-refractivity contribution >= 4 is 35.8 Å². The van der Waals surface area contributed by atoms with Gasteiger partial charge in [0.1, 0.15) is 12.7 Å². The van der Waals surface area contributed by atoms with Crippen LogP contribution in [0.4, 0.5) is 0 Å². The summed E-state index contributed by atoms with van der Waals surface area (Å²) in [5.41, 5.74) is -0.837. The molecule has 2 saturated heterocycles. The second kappa shape index (κ2) is 11.7. The minimum Gasteiger partial charge on any atom is -0.463 e. The van der Waals surface area contributed by atoms with Crippen molar-refractivity contribution in [3.8, 4) is 0 Å². The number of esters is 4. The van der Waals surface area contributed by atoms with Crippen molar-refractivity contribution in [3.63, 3.8) is 0 Å². The number of carbonyl (C=O) groups is 4. The second-order valence-corrected chi connectivity index (χ2v) is 8.53. The zero-order chi connectivity index (χ0) is 23.1. The minimum absolute atomic E-state index is 0.256. The van der Waals surface area contributed by atoms with Gasteiger partial charge < -0.3 is 28.8 Å². The maximum atomic E-state index is 11.8. The summed E-state index contributed by atoms with van der Waals surface area (Å²) < 4.78 is 29.2. The zero-order valence-electron chi connectivity index (χ0n) is 18.0. The Morgan fingerprint density at radius 1 is 0.871 bits per heavy atom. The molecule has 0 unspecified atom stereocenters. The monoisotopic (exact) mass is 463 g/mol. The molecule has 2 fully saturated rings. The molecule has 0 bridgehead atoms. The average molecular weight is 464 g/mol. The molecule has 12 heteroatoms. The molecular weight excluding hydrogens is 434 g/mol. The summed E-state index contributed by atoms with van der Waals surface area (Å²) in [6, 6.07) is 0. The molecule has 31 heavy (non-hydrogen) atoms. The third-order valence-corrected chi connectivity index (χ3v) is 5.88. The molecule has 1 N–H and O–H groups in total. The van der Waals surface area contributed by atoms with Crippen molar-refractivity contribution in [2.75, 3.05) is 19.7 Å². The van der Waals surface area contributed by atoms with Crippen LogP contribution in [0.1, 0.15) is 40.5 Å². The minimum atomic E-state index is -1.17. The molecular formula is C19H29NO10S. The summed E-state index contributed by atoms with van der Waals surface area (Å²) in [5.74, 6) is -2.54. The fourth-order valence-electron chi connectivity index (χ4n) is 3.37. The van der Waals surface area contributed by atoms with Gasteiger partial charge in [-0.15, -0.1) is 0 Å². The maximum Gasteiger partial charge on any atom is 0.303 e. The van der Waals surface area contributed by atoms with Crippen molar-refractivity contribution < 1.29 is 48.0 Å². The van der Waals surface area contributed by atoms with Crippen molar-refractivity contribution in [1.29, 1.82) is 0 Å². The Morgan fingerprint density at radius 3 is 1.90 bits per heavy atom. The molecule has 5 atom stereocenters. The Balaban J connectivity index is 2.33. The van der Waals surface area contributed by atoms with Gasteiger partial charge in [0.2, 0.25) is 0 Å². The molecule has 0 spiro atoms. The smallest absolute Gasteiger partial charge is 0.303 e. The van der Waals surface area contributed by atoms with Gasteiger partial charge in [-0.2, -0.15) is 0 Å². The van der Waals surface area contributed by atoms with Crippen LogP contribution in [0.5, 0.6) is 0 Å². The summed E-state index contributed by atoms with van der Waals surface area (Å²) in [7, 11) is 0. The number of hydrogen-bond donors (Lipinski definition) is 1. The van der Waals surface area contributed by atoms with E-state index in [4.69, 9.17) is 23.7 Å². The first kappa shape index (κ1) is 25.4. The Kier molecular flexibility index (Phi) is 9.54. The SMILES string of the molecule is CC(=O)OC[C@H]1O[C@@H](SN2CCC(O)CC2)[C@H](OC(C)=O)[C@@H](OC(C)=O)[C@@H]1OC(C)=O. The molecule has 2 rings (SSSR count). The first-order chi connectivity index (χ1) is 14.6. The van der Waals surface area contributed by atoms with Gasteiger partial charge in [0.05, 0.1) is 6.10 Å². The van der Waals surface area contributed by atoms with Crippen LogP contribution < -0.4 is 0 Å². The lowest BCUT2D eigenvalue weighted by atomic mass is 9.99. The molecule has 0 radical (unpaired) electrons. The first-order valence-electron chi connectivity index (χ1n) is 9.97. The Morgan fingerprint density at radius 2 is 1.39 bits per heavy atom. The highest BCUT2D eigenvalue weighted by molar-refractivity contribution is 7.97. The molecule has 0 aliphatic carbocycles. The Hall–Kier alpha value is -1.89. The van der Waals surface area contributed by atoms with Crippen molar-refractivity contribution in [2.24, 2.45) is 0 Å². The molecule has 0 saturated carbocycles. The average Bonchev–Trinajstić information content (AvgIpc) is 2.65. The van der Waals surface area contributed by atoms with E-state index in [-0.39, 0.29) is 12.7 Å². The van der Waals surface area contributed by atoms with E-state index in [1.165, 1.54) is 39.6 Å². The molecule has 176 valence electrons. The van der Waals surface area contributed by atoms with Gasteiger partial charge in [0.15, 0.2) is 23.7 Å². The molecule has 2 aliphatic heterocycles. The fourth-order valence-corrected chi connectivity index (χ4v) is 4.61. The number of aliphatic hydroxyl groups is 1. The fraction of sp³-hybridized carbons (Fsp3) is 0.789. The molecule has 0 aromatic rings. The Labute approximate surface area is 184 Å². The van der Waals surface area contributed by atoms with Crippen LogP contribution >= 0.6 is 11.9 Å². The highest BCUT2D eigenvalue weighted by atomic mass is 32.2. The molecule has 2 aliphatic rings. The highest BCUT2D eigenvalue weighted by Gasteiger charge is 2.53. The van der Waals surface area contributed by atoms with E-state index in [2.05, 4.69) is 0 Å². The number of aliphatic hydroxyl groups excluding tert-OH is 1. The predicted octanol–water partition coefficient (Wildman–Crippen LogP) is 0.174. The molecule has 0 aromatic heterocycles. The second-order valence-electron chi connectivity index (χ2n) is 7.33. The molecule has 2 heterocycles. The van der Waals surface area contributed by atoms with E-state index in [0.29, 0.717) is 25.9 Å². The third-order valence-electron chi connectivity index (χ3n) is 4.62. The van der Waals surface area contributed by atoms with E-state index >= 15 is 0 Å². The normalized spacial score (nSPS) is 29.6. The van der Waals surface area contributed by atoms with Crippen LogP contribution in [-0.2, 0) is 42.9 Å². The van der Waals surface area contributed by atoms with Crippen LogP contribution in [0.2, 0.25) is 0 Å². The summed E-state index contributed by atoms with van der Waals surface area (Å²) in [5, 5.41) is 9.74. The number of ether oxygens (including phenoxy) is 5. The summed E-state index contributed by atoms with van der Waals surface area (Å²) >= 11 is 1.23. The van der Waals surface area contributed by atoms with E-state index in [1.54, 1.807) is 0 Å². The van der Waals surface area contributed by atoms with Gasteiger partial charge in [-0.25, -0.2) is 4.31 Å². The van der Waals surface area contributed by atoms with Crippen LogP contribution in [0.3, 0.4) is 0 Å². The van der Waals surface area contributed by atoms with E-state index in [0.717, 1.165) is 0 Å². The van der Waals surface area contributed by atoms with E-state index in [9.17, 15) is 24.3 Å². The quantitative estimate of drug-likeness (QED) is 0.313. The van der Waals surface area contributed by atoms with Crippen LogP contribution in [0.25, 0.3) is 0 Å². The van der Waals surface area contributed by atoms with Crippen molar-refractivity contribution in [3.05, 3.63) is 0 Å². The molecule has 0 amide bonds. The van der Waals surface area contributed by atoms with Gasteiger partial charge in [-0.05, 0) is 24.8 Å². The van der Waals surface area contributed by atoms with Crippen LogP contribution in [0, 0.1) is 0 Å². The molecule has 11 nitrogen and oxygen atoms in total. The maximum absolute atomic E-state index is 11.8. The number of piperidine rings is 1. The van der Waals surface area contributed by atoms with Crippen LogP contribution in [0.15, 0.2) is 0 Å². The lowest BCUT2D eigenvalue weighted by molar-refractivity contribution is -0.237. The van der Waals surface area contributed by atoms with Gasteiger partial charge in [-0.3, -0.25) is 19.2 Å². The van der Waals surface area contributed by atoms with Gasteiger partial charge >= 0.3 is 23.9 Å². The predicted molar refractivity (Wildman–Crippen MR) is 106 cm³/mol. The highest BCUT2D eigenvalue weighted by Crippen LogP contribution is 2.36. The van der Waals surface area contributed by atoms with E-state index in [1.807, 2.05) is 4.31 Å². The van der Waals surface area contributed by atoms with E-state index < -0.39 is 53.7 Å². The third kappa shape index (κ3) is 7.95.